The van der Waals surface area contributed by atoms with Crippen molar-refractivity contribution in [1.29, 1.82) is 0 Å². The molecule has 1 aromatic rings. The summed E-state index contributed by atoms with van der Waals surface area (Å²) in [5.41, 5.74) is 0.822. The zero-order valence-corrected chi connectivity index (χ0v) is 19.6. The third kappa shape index (κ3) is 4.25. The van der Waals surface area contributed by atoms with E-state index in [2.05, 4.69) is 26.6 Å². The van der Waals surface area contributed by atoms with E-state index in [0.29, 0.717) is 6.54 Å². The second-order valence-corrected chi connectivity index (χ2v) is 11.3. The summed E-state index contributed by atoms with van der Waals surface area (Å²) in [4.78, 5) is 33.4. The summed E-state index contributed by atoms with van der Waals surface area (Å²) >= 11 is 0. The molecule has 0 unspecified atom stereocenters. The smallest absolute Gasteiger partial charge is 0.243 e. The third-order valence-corrected chi connectivity index (χ3v) is 8.46. The van der Waals surface area contributed by atoms with Crippen LogP contribution >= 0.6 is 0 Å². The summed E-state index contributed by atoms with van der Waals surface area (Å²) in [6, 6.07) is 3.54. The van der Waals surface area contributed by atoms with Gasteiger partial charge in [0, 0.05) is 31.2 Å². The molecule has 1 aliphatic heterocycles. The van der Waals surface area contributed by atoms with Crippen LogP contribution in [0.15, 0.2) is 18.3 Å². The van der Waals surface area contributed by atoms with Gasteiger partial charge in [0.1, 0.15) is 11.9 Å². The summed E-state index contributed by atoms with van der Waals surface area (Å²) < 4.78 is 0. The largest absolute Gasteiger partial charge is 0.357 e. The Morgan fingerprint density at radius 2 is 1.72 bits per heavy atom. The fourth-order valence-corrected chi connectivity index (χ4v) is 7.21. The zero-order chi connectivity index (χ0) is 22.3. The summed E-state index contributed by atoms with van der Waals surface area (Å²) in [7, 11) is 0. The van der Waals surface area contributed by atoms with E-state index in [0.717, 1.165) is 61.5 Å². The van der Waals surface area contributed by atoms with Gasteiger partial charge >= 0.3 is 0 Å². The number of hydrogen-bond donors (Lipinski definition) is 2. The van der Waals surface area contributed by atoms with Gasteiger partial charge in [-0.15, -0.1) is 0 Å². The molecule has 6 nitrogen and oxygen atoms in total. The topological polar surface area (TPSA) is 74.3 Å². The van der Waals surface area contributed by atoms with Crippen molar-refractivity contribution in [2.24, 2.45) is 29.1 Å². The molecule has 4 bridgehead atoms. The van der Waals surface area contributed by atoms with Crippen molar-refractivity contribution in [2.45, 2.75) is 77.8 Å². The average Bonchev–Trinajstić information content (AvgIpc) is 3.30. The highest BCUT2D eigenvalue weighted by Crippen LogP contribution is 2.60. The number of anilines is 1. The van der Waals surface area contributed by atoms with E-state index in [4.69, 9.17) is 0 Å². The van der Waals surface area contributed by atoms with Crippen LogP contribution in [-0.4, -0.2) is 35.9 Å². The maximum atomic E-state index is 13.5. The van der Waals surface area contributed by atoms with Crippen LogP contribution in [-0.2, 0) is 16.1 Å². The van der Waals surface area contributed by atoms with E-state index < -0.39 is 6.04 Å². The quantitative estimate of drug-likeness (QED) is 0.681. The zero-order valence-electron chi connectivity index (χ0n) is 19.6. The van der Waals surface area contributed by atoms with Gasteiger partial charge in [0.05, 0.1) is 0 Å². The highest BCUT2D eigenvalue weighted by atomic mass is 16.2. The van der Waals surface area contributed by atoms with Crippen LogP contribution in [0.4, 0.5) is 5.82 Å². The molecule has 174 valence electrons. The van der Waals surface area contributed by atoms with Crippen LogP contribution in [0.1, 0.15) is 70.8 Å². The Bertz CT molecular complexity index is 826. The van der Waals surface area contributed by atoms with Crippen LogP contribution in [0.25, 0.3) is 0 Å². The average molecular weight is 439 g/mol. The first-order valence-electron chi connectivity index (χ1n) is 12.7. The van der Waals surface area contributed by atoms with Crippen molar-refractivity contribution < 1.29 is 9.59 Å². The van der Waals surface area contributed by atoms with Crippen LogP contribution in [0, 0.1) is 29.1 Å². The first-order chi connectivity index (χ1) is 15.4. The number of aromatic nitrogens is 1. The maximum Gasteiger partial charge on any atom is 0.243 e. The molecule has 2 heterocycles. The molecule has 2 N–H and O–H groups in total. The van der Waals surface area contributed by atoms with Gasteiger partial charge in [-0.2, -0.15) is 0 Å². The third-order valence-electron chi connectivity index (χ3n) is 8.46. The highest BCUT2D eigenvalue weighted by molar-refractivity contribution is 5.90. The minimum atomic E-state index is -0.490. The first-order valence-corrected chi connectivity index (χ1v) is 12.7. The lowest BCUT2D eigenvalue weighted by Gasteiger charge is -2.55. The highest BCUT2D eigenvalue weighted by Gasteiger charge is 2.55. The Balaban J connectivity index is 1.21. The molecule has 0 radical (unpaired) electrons. The van der Waals surface area contributed by atoms with Gasteiger partial charge < -0.3 is 15.5 Å². The molecular weight excluding hydrogens is 400 g/mol. The normalized spacial score (nSPS) is 31.7. The summed E-state index contributed by atoms with van der Waals surface area (Å²) in [6.07, 6.45) is 11.2. The van der Waals surface area contributed by atoms with Gasteiger partial charge in [-0.3, -0.25) is 9.59 Å². The van der Waals surface area contributed by atoms with E-state index in [-0.39, 0.29) is 23.1 Å². The summed E-state index contributed by atoms with van der Waals surface area (Å²) in [6.45, 7) is 6.59. The molecule has 2 amide bonds. The molecule has 0 aromatic carbocycles. The Kier molecular flexibility index (Phi) is 5.89. The first kappa shape index (κ1) is 21.7. The van der Waals surface area contributed by atoms with Gasteiger partial charge in [0.25, 0.3) is 0 Å². The summed E-state index contributed by atoms with van der Waals surface area (Å²) in [5.74, 6) is 3.23. The van der Waals surface area contributed by atoms with Crippen LogP contribution in [0.2, 0.25) is 0 Å². The fourth-order valence-electron chi connectivity index (χ4n) is 7.21. The second kappa shape index (κ2) is 8.68. The lowest BCUT2D eigenvalue weighted by Crippen LogP contribution is -2.58. The number of carbonyl (C=O) groups excluding carboxylic acids is 2. The molecule has 4 aliphatic carbocycles. The lowest BCUT2D eigenvalue weighted by molar-refractivity contribution is -0.149. The number of nitrogens with one attached hydrogen (secondary N) is 2. The number of carbonyl (C=O) groups is 2. The van der Waals surface area contributed by atoms with E-state index >= 15 is 0 Å². The summed E-state index contributed by atoms with van der Waals surface area (Å²) in [5, 5.41) is 6.27. The molecule has 6 heteroatoms. The number of amides is 2. The molecule has 32 heavy (non-hydrogen) atoms. The number of rotatable bonds is 7. The van der Waals surface area contributed by atoms with E-state index in [1.807, 2.05) is 26.1 Å². The molecule has 5 fully saturated rings. The van der Waals surface area contributed by atoms with Gasteiger partial charge in [-0.05, 0) is 92.7 Å². The fraction of sp³-hybridized carbons (Fsp3) is 0.731. The molecule has 1 saturated heterocycles. The SMILES string of the molecule is CC(C)[C@@H](NC(=O)C12CC3CC(CC(C3)C1)C2)C(=O)NCc1ccnc(N2CCCC2)c1. The second-order valence-electron chi connectivity index (χ2n) is 11.3. The molecule has 1 aromatic heterocycles. The molecule has 6 rings (SSSR count). The Hall–Kier alpha value is -2.11. The predicted molar refractivity (Wildman–Crippen MR) is 125 cm³/mol. The van der Waals surface area contributed by atoms with Crippen LogP contribution < -0.4 is 15.5 Å². The number of nitrogens with zero attached hydrogens (tertiary/aromatic N) is 2. The predicted octanol–water partition coefficient (Wildman–Crippen LogP) is 3.66. The lowest BCUT2D eigenvalue weighted by atomic mass is 9.49. The Morgan fingerprint density at radius 3 is 2.31 bits per heavy atom. The van der Waals surface area contributed by atoms with Crippen molar-refractivity contribution in [3.63, 3.8) is 0 Å². The monoisotopic (exact) mass is 438 g/mol. The number of hydrogen-bond acceptors (Lipinski definition) is 4. The Morgan fingerprint density at radius 1 is 1.09 bits per heavy atom. The Labute approximate surface area is 191 Å². The standard InChI is InChI=1S/C26H38N4O2/c1-17(2)23(29-25(32)26-13-19-9-20(14-26)11-21(10-19)15-26)24(31)28-16-18-5-6-27-22(12-18)30-7-3-4-8-30/h5-6,12,17,19-21,23H,3-4,7-11,13-16H2,1-2H3,(H,28,31)(H,29,32)/t19?,20?,21?,23-,26?/m1/s1. The van der Waals surface area contributed by atoms with E-state index in [1.54, 1.807) is 0 Å². The molecule has 1 atom stereocenters. The van der Waals surface area contributed by atoms with Crippen molar-refractivity contribution in [3.05, 3.63) is 23.9 Å². The van der Waals surface area contributed by atoms with E-state index in [1.165, 1.54) is 32.1 Å². The maximum absolute atomic E-state index is 13.5. The van der Waals surface area contributed by atoms with Crippen molar-refractivity contribution >= 4 is 17.6 Å². The number of pyridine rings is 1. The minimum absolute atomic E-state index is 0.0467. The molecule has 0 spiro atoms. The molecular formula is C26H38N4O2. The van der Waals surface area contributed by atoms with Crippen LogP contribution in [0.5, 0.6) is 0 Å². The van der Waals surface area contributed by atoms with Gasteiger partial charge in [0.15, 0.2) is 0 Å². The van der Waals surface area contributed by atoms with E-state index in [9.17, 15) is 9.59 Å². The van der Waals surface area contributed by atoms with Crippen LogP contribution in [0.3, 0.4) is 0 Å². The van der Waals surface area contributed by atoms with Gasteiger partial charge in [-0.1, -0.05) is 13.8 Å². The van der Waals surface area contributed by atoms with Crippen molar-refractivity contribution in [1.82, 2.24) is 15.6 Å². The van der Waals surface area contributed by atoms with Crippen molar-refractivity contribution in [2.75, 3.05) is 18.0 Å². The van der Waals surface area contributed by atoms with Crippen molar-refractivity contribution in [3.8, 4) is 0 Å². The molecule has 5 aliphatic rings. The minimum Gasteiger partial charge on any atom is -0.357 e. The van der Waals surface area contributed by atoms with Gasteiger partial charge in [-0.25, -0.2) is 4.98 Å². The van der Waals surface area contributed by atoms with Gasteiger partial charge in [0.2, 0.25) is 11.8 Å². The molecule has 4 saturated carbocycles.